The van der Waals surface area contributed by atoms with E-state index in [1.165, 1.54) is 11.8 Å². The van der Waals surface area contributed by atoms with E-state index in [0.717, 1.165) is 38.3 Å². The molecule has 34 heavy (non-hydrogen) atoms. The molecule has 0 bridgehead atoms. The van der Waals surface area contributed by atoms with E-state index in [9.17, 15) is 9.59 Å². The van der Waals surface area contributed by atoms with Gasteiger partial charge in [0.15, 0.2) is 0 Å². The van der Waals surface area contributed by atoms with E-state index in [1.54, 1.807) is 4.90 Å². The molecule has 2 heterocycles. The number of amides is 2. The summed E-state index contributed by atoms with van der Waals surface area (Å²) >= 11 is 1.51. The van der Waals surface area contributed by atoms with Crippen molar-refractivity contribution in [3.05, 3.63) is 59.2 Å². The molecule has 1 N–H and O–H groups in total. The molecule has 0 spiro atoms. The highest BCUT2D eigenvalue weighted by Crippen LogP contribution is 2.44. The average Bonchev–Trinajstić information content (AvgIpc) is 2.98. The minimum Gasteiger partial charge on any atom is -0.379 e. The van der Waals surface area contributed by atoms with Crippen LogP contribution in [0.3, 0.4) is 0 Å². The summed E-state index contributed by atoms with van der Waals surface area (Å²) in [6, 6.07) is 13.3. The first kappa shape index (κ1) is 24.4. The van der Waals surface area contributed by atoms with E-state index < -0.39 is 6.04 Å². The summed E-state index contributed by atoms with van der Waals surface area (Å²) in [5.74, 6) is 0.0393. The maximum absolute atomic E-state index is 13.8. The highest BCUT2D eigenvalue weighted by Gasteiger charge is 2.40. The van der Waals surface area contributed by atoms with Gasteiger partial charge in [-0.3, -0.25) is 14.5 Å². The molecule has 3 aromatic rings. The summed E-state index contributed by atoms with van der Waals surface area (Å²) in [5.41, 5.74) is 4.83. The molecule has 2 aromatic carbocycles. The molecule has 1 aliphatic rings. The second-order valence-electron chi connectivity index (χ2n) is 9.03. The Bertz CT molecular complexity index is 1220. The number of nitrogens with zero attached hydrogens (tertiary/aromatic N) is 2. The van der Waals surface area contributed by atoms with Crippen molar-refractivity contribution in [1.29, 1.82) is 0 Å². The van der Waals surface area contributed by atoms with E-state index in [2.05, 4.69) is 16.0 Å². The predicted octanol–water partition coefficient (Wildman–Crippen LogP) is 4.91. The summed E-state index contributed by atoms with van der Waals surface area (Å²) in [4.78, 5) is 29.1. The van der Waals surface area contributed by atoms with Gasteiger partial charge in [0.2, 0.25) is 11.8 Å². The molecular formula is C27H33N3O3S. The Morgan fingerprint density at radius 1 is 1.18 bits per heavy atom. The van der Waals surface area contributed by atoms with Gasteiger partial charge in [-0.15, -0.1) is 0 Å². The molecule has 1 aliphatic heterocycles. The fourth-order valence-corrected chi connectivity index (χ4v) is 5.60. The largest absolute Gasteiger partial charge is 0.379 e. The molecule has 0 unspecified atom stereocenters. The SMILES string of the molecule is Cc1cccc(N2C(=O)CSc3c(c4ccccc4n3C)[C@@H]2C(=O)NCCCOC(C)C)c1C. The van der Waals surface area contributed by atoms with Gasteiger partial charge < -0.3 is 14.6 Å². The first-order valence-electron chi connectivity index (χ1n) is 11.8. The molecule has 6 nitrogen and oxygen atoms in total. The highest BCUT2D eigenvalue weighted by atomic mass is 32.2. The lowest BCUT2D eigenvalue weighted by molar-refractivity contribution is -0.125. The zero-order valence-corrected chi connectivity index (χ0v) is 21.4. The zero-order chi connectivity index (χ0) is 24.4. The second kappa shape index (κ2) is 10.2. The second-order valence-corrected chi connectivity index (χ2v) is 10.00. The lowest BCUT2D eigenvalue weighted by Crippen LogP contribution is -2.44. The van der Waals surface area contributed by atoms with Gasteiger partial charge in [-0.1, -0.05) is 42.1 Å². The number of aromatic nitrogens is 1. The fraction of sp³-hybridized carbons (Fsp3) is 0.407. The summed E-state index contributed by atoms with van der Waals surface area (Å²) in [5, 5.41) is 5.06. The van der Waals surface area contributed by atoms with Crippen molar-refractivity contribution in [3.63, 3.8) is 0 Å². The molecule has 7 heteroatoms. The molecular weight excluding hydrogens is 446 g/mol. The maximum Gasteiger partial charge on any atom is 0.247 e. The van der Waals surface area contributed by atoms with E-state index in [1.807, 2.05) is 71.1 Å². The molecule has 1 atom stereocenters. The Balaban J connectivity index is 1.80. The lowest BCUT2D eigenvalue weighted by Gasteiger charge is -2.31. The van der Waals surface area contributed by atoms with Crippen molar-refractivity contribution in [2.75, 3.05) is 23.8 Å². The first-order valence-corrected chi connectivity index (χ1v) is 12.8. The van der Waals surface area contributed by atoms with Crippen molar-refractivity contribution >= 4 is 40.2 Å². The van der Waals surface area contributed by atoms with E-state index in [-0.39, 0.29) is 23.7 Å². The van der Waals surface area contributed by atoms with Gasteiger partial charge in [0.05, 0.1) is 16.9 Å². The number of aryl methyl sites for hydroxylation is 2. The minimum atomic E-state index is -0.755. The highest BCUT2D eigenvalue weighted by molar-refractivity contribution is 8.00. The Labute approximate surface area is 205 Å². The van der Waals surface area contributed by atoms with Gasteiger partial charge in [-0.05, 0) is 57.4 Å². The monoisotopic (exact) mass is 479 g/mol. The summed E-state index contributed by atoms with van der Waals surface area (Å²) < 4.78 is 7.72. The Morgan fingerprint density at radius 3 is 2.71 bits per heavy atom. The lowest BCUT2D eigenvalue weighted by atomic mass is 9.99. The number of hydrogen-bond acceptors (Lipinski definition) is 4. The van der Waals surface area contributed by atoms with Gasteiger partial charge in [-0.25, -0.2) is 0 Å². The van der Waals surface area contributed by atoms with Crippen LogP contribution in [-0.4, -0.2) is 41.4 Å². The van der Waals surface area contributed by atoms with Crippen LogP contribution < -0.4 is 10.2 Å². The van der Waals surface area contributed by atoms with Crippen molar-refractivity contribution < 1.29 is 14.3 Å². The van der Waals surface area contributed by atoms with Gasteiger partial charge in [0, 0.05) is 42.4 Å². The van der Waals surface area contributed by atoms with E-state index in [4.69, 9.17) is 4.74 Å². The van der Waals surface area contributed by atoms with Crippen molar-refractivity contribution in [1.82, 2.24) is 9.88 Å². The summed E-state index contributed by atoms with van der Waals surface area (Å²) in [6.07, 6.45) is 0.871. The number of nitrogens with one attached hydrogen (secondary N) is 1. The molecule has 0 saturated heterocycles. The Hall–Kier alpha value is -2.77. The number of fused-ring (bicyclic) bond motifs is 3. The van der Waals surface area contributed by atoms with E-state index >= 15 is 0 Å². The van der Waals surface area contributed by atoms with Crippen LogP contribution in [0.15, 0.2) is 47.5 Å². The Morgan fingerprint density at radius 2 is 1.94 bits per heavy atom. The summed E-state index contributed by atoms with van der Waals surface area (Å²) in [6.45, 7) is 9.11. The fourth-order valence-electron chi connectivity index (χ4n) is 4.53. The number of hydrogen-bond donors (Lipinski definition) is 1. The van der Waals surface area contributed by atoms with Gasteiger partial charge in [0.25, 0.3) is 0 Å². The zero-order valence-electron chi connectivity index (χ0n) is 20.6. The van der Waals surface area contributed by atoms with Crippen LogP contribution in [0.25, 0.3) is 10.9 Å². The molecule has 0 aliphatic carbocycles. The number of thioether (sulfide) groups is 1. The third-order valence-electron chi connectivity index (χ3n) is 6.38. The number of carbonyl (C=O) groups excluding carboxylic acids is 2. The van der Waals surface area contributed by atoms with Gasteiger partial charge in [0.1, 0.15) is 6.04 Å². The van der Waals surface area contributed by atoms with Crippen LogP contribution in [0.5, 0.6) is 0 Å². The van der Waals surface area contributed by atoms with Gasteiger partial charge >= 0.3 is 0 Å². The first-order chi connectivity index (χ1) is 16.3. The minimum absolute atomic E-state index is 0.0673. The predicted molar refractivity (Wildman–Crippen MR) is 139 cm³/mol. The molecule has 0 saturated carbocycles. The molecule has 0 radical (unpaired) electrons. The number of benzene rings is 2. The average molecular weight is 480 g/mol. The van der Waals surface area contributed by atoms with Crippen LogP contribution in [-0.2, 0) is 21.4 Å². The van der Waals surface area contributed by atoms with E-state index in [0.29, 0.717) is 19.6 Å². The Kier molecular flexibility index (Phi) is 7.33. The maximum atomic E-state index is 13.8. The number of para-hydroxylation sites is 1. The van der Waals surface area contributed by atoms with Crippen molar-refractivity contribution in [3.8, 4) is 0 Å². The van der Waals surface area contributed by atoms with Crippen LogP contribution in [0.1, 0.15) is 43.0 Å². The quantitative estimate of drug-likeness (QED) is 0.489. The molecule has 180 valence electrons. The van der Waals surface area contributed by atoms with Crippen LogP contribution >= 0.6 is 11.8 Å². The molecule has 2 amide bonds. The van der Waals surface area contributed by atoms with Crippen LogP contribution in [0.4, 0.5) is 5.69 Å². The van der Waals surface area contributed by atoms with Gasteiger partial charge in [-0.2, -0.15) is 0 Å². The third-order valence-corrected chi connectivity index (χ3v) is 7.54. The topological polar surface area (TPSA) is 63.6 Å². The number of rotatable bonds is 7. The number of ether oxygens (including phenoxy) is 1. The smallest absolute Gasteiger partial charge is 0.247 e. The molecule has 1 aromatic heterocycles. The standard InChI is InChI=1S/C27H33N3O3S/c1-17(2)33-15-9-14-28-26(32)25-24-20-11-6-7-12-22(20)29(5)27(24)34-16-23(31)30(25)21-13-8-10-18(3)19(21)4/h6-8,10-13,17,25H,9,14-16H2,1-5H3,(H,28,32)/t25-/m1/s1. The number of anilines is 1. The van der Waals surface area contributed by atoms with Crippen LogP contribution in [0, 0.1) is 13.8 Å². The normalized spacial score (nSPS) is 16.1. The van der Waals surface area contributed by atoms with Crippen molar-refractivity contribution in [2.24, 2.45) is 7.05 Å². The third kappa shape index (κ3) is 4.59. The summed E-state index contributed by atoms with van der Waals surface area (Å²) in [7, 11) is 2.00. The molecule has 0 fully saturated rings. The number of carbonyl (C=O) groups is 2. The molecule has 4 rings (SSSR count). The van der Waals surface area contributed by atoms with Crippen molar-refractivity contribution in [2.45, 2.75) is 51.3 Å². The van der Waals surface area contributed by atoms with Crippen LogP contribution in [0.2, 0.25) is 0 Å².